The van der Waals surface area contributed by atoms with Gasteiger partial charge in [0.1, 0.15) is 5.82 Å². The van der Waals surface area contributed by atoms with Gasteiger partial charge >= 0.3 is 0 Å². The summed E-state index contributed by atoms with van der Waals surface area (Å²) in [5, 5.41) is 3.20. The van der Waals surface area contributed by atoms with E-state index in [-0.39, 0.29) is 5.56 Å². The van der Waals surface area contributed by atoms with Gasteiger partial charge in [-0.05, 0) is 18.6 Å². The predicted molar refractivity (Wildman–Crippen MR) is 60.3 cm³/mol. The van der Waals surface area contributed by atoms with E-state index in [1.807, 2.05) is 12.1 Å². The van der Waals surface area contributed by atoms with Crippen LogP contribution in [0.2, 0.25) is 0 Å². The molecule has 0 aromatic carbocycles. The van der Waals surface area contributed by atoms with Gasteiger partial charge in [-0.1, -0.05) is 0 Å². The third-order valence-corrected chi connectivity index (χ3v) is 2.68. The van der Waals surface area contributed by atoms with E-state index in [9.17, 15) is 4.79 Å². The van der Waals surface area contributed by atoms with Crippen molar-refractivity contribution in [3.05, 3.63) is 40.6 Å². The number of anilines is 1. The van der Waals surface area contributed by atoms with Gasteiger partial charge in [0.15, 0.2) is 0 Å². The van der Waals surface area contributed by atoms with E-state index in [4.69, 9.17) is 0 Å². The minimum Gasteiger partial charge on any atom is -0.369 e. The van der Waals surface area contributed by atoms with E-state index in [1.165, 1.54) is 6.33 Å². The second kappa shape index (κ2) is 3.44. The van der Waals surface area contributed by atoms with Gasteiger partial charge in [-0.3, -0.25) is 4.79 Å². The molecule has 1 aliphatic heterocycles. The zero-order valence-corrected chi connectivity index (χ0v) is 8.53. The van der Waals surface area contributed by atoms with Crippen molar-refractivity contribution in [2.24, 2.45) is 0 Å². The Kier molecular flexibility index (Phi) is 1.96. The van der Waals surface area contributed by atoms with E-state index in [1.54, 1.807) is 6.20 Å². The Hall–Kier alpha value is -2.17. The van der Waals surface area contributed by atoms with Crippen molar-refractivity contribution >= 4 is 5.82 Å². The second-order valence-electron chi connectivity index (χ2n) is 3.64. The Balaban J connectivity index is 2.34. The number of pyridine rings is 1. The molecule has 0 aliphatic carbocycles. The fraction of sp³-hybridized carbons (Fsp3) is 0.182. The number of fused-ring (bicyclic) bond motifs is 3. The SMILES string of the molecule is O=c1[nH]cnc2c1CCNc1ncccc1-2. The molecule has 2 aromatic rings. The van der Waals surface area contributed by atoms with Gasteiger partial charge in [-0.15, -0.1) is 0 Å². The average molecular weight is 214 g/mol. The molecule has 5 heteroatoms. The number of hydrogen-bond acceptors (Lipinski definition) is 4. The van der Waals surface area contributed by atoms with Crippen molar-refractivity contribution in [2.75, 3.05) is 11.9 Å². The summed E-state index contributed by atoms with van der Waals surface area (Å²) in [6.45, 7) is 0.700. The molecule has 0 spiro atoms. The lowest BCUT2D eigenvalue weighted by atomic mass is 10.1. The molecule has 0 saturated heterocycles. The standard InChI is InChI=1S/C11H10N4O/c16-11-8-3-5-13-10-7(2-1-4-12-10)9(8)14-6-15-11/h1-2,4,6H,3,5H2,(H,12,13)(H,14,15,16). The van der Waals surface area contributed by atoms with E-state index < -0.39 is 0 Å². The number of aromatic nitrogens is 3. The van der Waals surface area contributed by atoms with Crippen molar-refractivity contribution in [3.63, 3.8) is 0 Å². The lowest BCUT2D eigenvalue weighted by Gasteiger charge is -2.05. The Morgan fingerprint density at radius 3 is 3.19 bits per heavy atom. The van der Waals surface area contributed by atoms with Crippen LogP contribution in [0, 0.1) is 0 Å². The van der Waals surface area contributed by atoms with Crippen molar-refractivity contribution in [1.29, 1.82) is 0 Å². The Morgan fingerprint density at radius 2 is 2.25 bits per heavy atom. The van der Waals surface area contributed by atoms with Crippen molar-refractivity contribution < 1.29 is 0 Å². The van der Waals surface area contributed by atoms with Gasteiger partial charge < -0.3 is 10.3 Å². The minimum absolute atomic E-state index is 0.0662. The van der Waals surface area contributed by atoms with E-state index >= 15 is 0 Å². The van der Waals surface area contributed by atoms with Crippen LogP contribution in [0.15, 0.2) is 29.5 Å². The van der Waals surface area contributed by atoms with Gasteiger partial charge in [0, 0.05) is 23.9 Å². The first-order chi connectivity index (χ1) is 7.86. The molecule has 0 unspecified atom stereocenters. The van der Waals surface area contributed by atoms with Crippen molar-refractivity contribution in [1.82, 2.24) is 15.0 Å². The van der Waals surface area contributed by atoms with Crippen LogP contribution in [-0.4, -0.2) is 21.5 Å². The van der Waals surface area contributed by atoms with Crippen LogP contribution in [0.4, 0.5) is 5.82 Å². The molecule has 3 heterocycles. The molecule has 2 aromatic heterocycles. The van der Waals surface area contributed by atoms with Gasteiger partial charge in [0.25, 0.3) is 5.56 Å². The molecule has 0 amide bonds. The van der Waals surface area contributed by atoms with Gasteiger partial charge in [0.2, 0.25) is 0 Å². The first-order valence-corrected chi connectivity index (χ1v) is 5.12. The molecule has 80 valence electrons. The highest BCUT2D eigenvalue weighted by Crippen LogP contribution is 2.27. The predicted octanol–water partition coefficient (Wildman–Crippen LogP) is 0.800. The van der Waals surface area contributed by atoms with Crippen molar-refractivity contribution in [2.45, 2.75) is 6.42 Å². The molecule has 0 fully saturated rings. The Morgan fingerprint density at radius 1 is 1.31 bits per heavy atom. The first-order valence-electron chi connectivity index (χ1n) is 5.12. The minimum atomic E-state index is -0.0662. The molecule has 1 aliphatic rings. The monoisotopic (exact) mass is 214 g/mol. The summed E-state index contributed by atoms with van der Waals surface area (Å²) in [5.74, 6) is 0.791. The van der Waals surface area contributed by atoms with E-state index in [0.29, 0.717) is 13.0 Å². The molecular formula is C11H10N4O. The summed E-state index contributed by atoms with van der Waals surface area (Å²) in [7, 11) is 0. The van der Waals surface area contributed by atoms with Crippen molar-refractivity contribution in [3.8, 4) is 11.3 Å². The summed E-state index contributed by atoms with van der Waals surface area (Å²) < 4.78 is 0. The second-order valence-corrected chi connectivity index (χ2v) is 3.64. The molecule has 16 heavy (non-hydrogen) atoms. The Labute approximate surface area is 91.6 Å². The van der Waals surface area contributed by atoms with Crippen LogP contribution >= 0.6 is 0 Å². The lowest BCUT2D eigenvalue weighted by molar-refractivity contribution is 0.969. The number of rotatable bonds is 0. The Bertz CT molecular complexity index is 591. The first kappa shape index (κ1) is 9.08. The highest BCUT2D eigenvalue weighted by molar-refractivity contribution is 5.75. The van der Waals surface area contributed by atoms with Crippen LogP contribution in [0.5, 0.6) is 0 Å². The molecule has 0 bridgehead atoms. The van der Waals surface area contributed by atoms with Crippen LogP contribution in [0.3, 0.4) is 0 Å². The summed E-state index contributed by atoms with van der Waals surface area (Å²) in [4.78, 5) is 22.8. The molecule has 0 atom stereocenters. The number of H-pyrrole nitrogens is 1. The maximum Gasteiger partial charge on any atom is 0.254 e. The molecule has 2 N–H and O–H groups in total. The number of nitrogens with zero attached hydrogens (tertiary/aromatic N) is 2. The fourth-order valence-corrected chi connectivity index (χ4v) is 1.94. The summed E-state index contributed by atoms with van der Waals surface area (Å²) >= 11 is 0. The van der Waals surface area contributed by atoms with Crippen LogP contribution in [-0.2, 0) is 6.42 Å². The quantitative estimate of drug-likeness (QED) is 0.680. The summed E-state index contributed by atoms with van der Waals surface area (Å²) in [6.07, 6.45) is 3.82. The van der Waals surface area contributed by atoms with Gasteiger partial charge in [-0.25, -0.2) is 9.97 Å². The molecular weight excluding hydrogens is 204 g/mol. The maximum absolute atomic E-state index is 11.7. The summed E-state index contributed by atoms with van der Waals surface area (Å²) in [5.41, 5.74) is 2.28. The maximum atomic E-state index is 11.7. The van der Waals surface area contributed by atoms with E-state index in [0.717, 1.165) is 22.6 Å². The molecule has 3 rings (SSSR count). The number of nitrogens with one attached hydrogen (secondary N) is 2. The molecule has 5 nitrogen and oxygen atoms in total. The largest absolute Gasteiger partial charge is 0.369 e. The zero-order chi connectivity index (χ0) is 11.0. The van der Waals surface area contributed by atoms with Crippen LogP contribution in [0.25, 0.3) is 11.3 Å². The van der Waals surface area contributed by atoms with E-state index in [2.05, 4.69) is 20.3 Å². The topological polar surface area (TPSA) is 70.7 Å². The zero-order valence-electron chi connectivity index (χ0n) is 8.53. The van der Waals surface area contributed by atoms with Gasteiger partial charge in [-0.2, -0.15) is 0 Å². The highest BCUT2D eigenvalue weighted by Gasteiger charge is 2.17. The molecule has 0 saturated carbocycles. The van der Waals surface area contributed by atoms with Gasteiger partial charge in [0.05, 0.1) is 12.0 Å². The smallest absolute Gasteiger partial charge is 0.254 e. The fourth-order valence-electron chi connectivity index (χ4n) is 1.94. The average Bonchev–Trinajstić information content (AvgIpc) is 2.50. The third-order valence-electron chi connectivity index (χ3n) is 2.68. The molecule has 0 radical (unpaired) electrons. The summed E-state index contributed by atoms with van der Waals surface area (Å²) in [6, 6.07) is 3.77. The lowest BCUT2D eigenvalue weighted by Crippen LogP contribution is -2.16. The van der Waals surface area contributed by atoms with Crippen LogP contribution in [0.1, 0.15) is 5.56 Å². The normalized spacial score (nSPS) is 13.2. The number of hydrogen-bond donors (Lipinski definition) is 2. The number of aromatic amines is 1. The van der Waals surface area contributed by atoms with Crippen LogP contribution < -0.4 is 10.9 Å². The highest BCUT2D eigenvalue weighted by atomic mass is 16.1. The third kappa shape index (κ3) is 1.29.